The molecular weight excluding hydrogens is 297 g/mol. The van der Waals surface area contributed by atoms with Gasteiger partial charge in [0.05, 0.1) is 32.6 Å². The normalized spacial score (nSPS) is 10.4. The van der Waals surface area contributed by atoms with Crippen molar-refractivity contribution in [2.75, 3.05) is 5.32 Å². The van der Waals surface area contributed by atoms with Crippen molar-refractivity contribution < 1.29 is 4.39 Å². The Bertz CT molecular complexity index is 838. The van der Waals surface area contributed by atoms with Gasteiger partial charge in [0.1, 0.15) is 5.82 Å². The van der Waals surface area contributed by atoms with Crippen LogP contribution < -0.4 is 5.32 Å². The lowest BCUT2D eigenvalue weighted by Gasteiger charge is -2.04. The molecule has 0 bridgehead atoms. The Morgan fingerprint density at radius 1 is 1.25 bits per heavy atom. The summed E-state index contributed by atoms with van der Waals surface area (Å²) in [5.41, 5.74) is 1.88. The summed E-state index contributed by atoms with van der Waals surface area (Å²) in [6.07, 6.45) is 0. The first kappa shape index (κ1) is 12.9. The van der Waals surface area contributed by atoms with Crippen LogP contribution in [-0.2, 0) is 0 Å². The zero-order valence-corrected chi connectivity index (χ0v) is 11.6. The average Bonchev–Trinajstić information content (AvgIpc) is 2.82. The van der Waals surface area contributed by atoms with Crippen LogP contribution in [0.25, 0.3) is 10.2 Å². The number of anilines is 2. The topological polar surface area (TPSA) is 48.7 Å². The summed E-state index contributed by atoms with van der Waals surface area (Å²) in [6.45, 7) is 0. The fraction of sp³-hybridized carbons (Fsp3) is 0. The van der Waals surface area contributed by atoms with Crippen molar-refractivity contribution in [3.05, 3.63) is 52.8 Å². The summed E-state index contributed by atoms with van der Waals surface area (Å²) in [6, 6.07) is 11.4. The molecule has 2 aromatic carbocycles. The van der Waals surface area contributed by atoms with Crippen LogP contribution in [0.4, 0.5) is 15.2 Å². The van der Waals surface area contributed by atoms with Gasteiger partial charge < -0.3 is 5.32 Å². The van der Waals surface area contributed by atoms with Gasteiger partial charge in [-0.25, -0.2) is 9.37 Å². The van der Waals surface area contributed by atoms with Crippen molar-refractivity contribution >= 4 is 44.0 Å². The summed E-state index contributed by atoms with van der Waals surface area (Å²) < 4.78 is 13.9. The fourth-order valence-corrected chi connectivity index (χ4v) is 2.88. The number of aromatic nitrogens is 1. The van der Waals surface area contributed by atoms with Crippen LogP contribution in [0, 0.1) is 17.1 Å². The molecule has 0 saturated carbocycles. The first-order valence-corrected chi connectivity index (χ1v) is 6.88. The number of fused-ring (bicyclic) bond motifs is 1. The van der Waals surface area contributed by atoms with Crippen LogP contribution >= 0.6 is 22.9 Å². The molecule has 0 amide bonds. The second-order valence-corrected chi connectivity index (χ2v) is 5.50. The number of nitrogens with one attached hydrogen (secondary N) is 1. The van der Waals surface area contributed by atoms with Gasteiger partial charge in [0.2, 0.25) is 0 Å². The third-order valence-electron chi connectivity index (χ3n) is 2.69. The number of rotatable bonds is 2. The fourth-order valence-electron chi connectivity index (χ4n) is 1.75. The molecule has 3 aromatic rings. The summed E-state index contributed by atoms with van der Waals surface area (Å²) >= 11 is 7.42. The molecule has 1 heterocycles. The molecule has 0 spiro atoms. The van der Waals surface area contributed by atoms with Crippen LogP contribution in [0.5, 0.6) is 0 Å². The van der Waals surface area contributed by atoms with Crippen molar-refractivity contribution in [3.8, 4) is 6.07 Å². The maximum absolute atomic E-state index is 13.1. The molecule has 20 heavy (non-hydrogen) atoms. The van der Waals surface area contributed by atoms with Crippen LogP contribution in [0.2, 0.25) is 5.02 Å². The van der Waals surface area contributed by atoms with E-state index in [0.717, 1.165) is 10.2 Å². The van der Waals surface area contributed by atoms with E-state index >= 15 is 0 Å². The molecule has 0 saturated heterocycles. The second kappa shape index (κ2) is 5.08. The molecule has 0 atom stereocenters. The van der Waals surface area contributed by atoms with Crippen LogP contribution in [0.1, 0.15) is 5.56 Å². The Balaban J connectivity index is 1.95. The Hall–Kier alpha value is -2.16. The second-order valence-electron chi connectivity index (χ2n) is 4.06. The van der Waals surface area contributed by atoms with Crippen molar-refractivity contribution in [1.82, 2.24) is 4.98 Å². The molecule has 0 unspecified atom stereocenters. The summed E-state index contributed by atoms with van der Waals surface area (Å²) in [7, 11) is 0. The van der Waals surface area contributed by atoms with Gasteiger partial charge in [0, 0.05) is 0 Å². The van der Waals surface area contributed by atoms with E-state index < -0.39 is 0 Å². The number of nitrogens with zero attached hydrogens (tertiary/aromatic N) is 2. The van der Waals surface area contributed by atoms with E-state index in [1.165, 1.54) is 23.5 Å². The smallest absolute Gasteiger partial charge is 0.188 e. The molecule has 1 aromatic heterocycles. The van der Waals surface area contributed by atoms with Gasteiger partial charge >= 0.3 is 0 Å². The molecule has 1 N–H and O–H groups in total. The van der Waals surface area contributed by atoms with Gasteiger partial charge in [-0.3, -0.25) is 0 Å². The highest BCUT2D eigenvalue weighted by molar-refractivity contribution is 7.22. The Morgan fingerprint density at radius 3 is 2.85 bits per heavy atom. The molecule has 0 fully saturated rings. The molecule has 0 aliphatic carbocycles. The van der Waals surface area contributed by atoms with Crippen molar-refractivity contribution in [3.63, 3.8) is 0 Å². The number of hydrogen-bond acceptors (Lipinski definition) is 4. The molecule has 0 aliphatic heterocycles. The van der Waals surface area contributed by atoms with E-state index in [2.05, 4.69) is 10.3 Å². The van der Waals surface area contributed by atoms with Crippen LogP contribution in [0.15, 0.2) is 36.4 Å². The number of benzene rings is 2. The number of halogens is 2. The SMILES string of the molecule is N#Cc1ccc(Nc2nc3ccc(F)cc3s2)c(Cl)c1. The molecule has 6 heteroatoms. The van der Waals surface area contributed by atoms with E-state index in [9.17, 15) is 4.39 Å². The third kappa shape index (κ3) is 2.44. The third-order valence-corrected chi connectivity index (χ3v) is 3.94. The van der Waals surface area contributed by atoms with Crippen molar-refractivity contribution in [2.45, 2.75) is 0 Å². The van der Waals surface area contributed by atoms with Gasteiger partial charge in [-0.15, -0.1) is 0 Å². The van der Waals surface area contributed by atoms with Gasteiger partial charge in [-0.1, -0.05) is 22.9 Å². The lowest BCUT2D eigenvalue weighted by molar-refractivity contribution is 0.630. The van der Waals surface area contributed by atoms with E-state index in [1.54, 1.807) is 24.3 Å². The van der Waals surface area contributed by atoms with E-state index in [-0.39, 0.29) is 5.82 Å². The van der Waals surface area contributed by atoms with E-state index in [1.807, 2.05) is 6.07 Å². The minimum absolute atomic E-state index is 0.288. The predicted molar refractivity (Wildman–Crippen MR) is 79.0 cm³/mol. The zero-order valence-electron chi connectivity index (χ0n) is 10.0. The van der Waals surface area contributed by atoms with Crippen LogP contribution in [0.3, 0.4) is 0 Å². The van der Waals surface area contributed by atoms with Gasteiger partial charge in [-0.2, -0.15) is 5.26 Å². The Kier molecular flexibility index (Phi) is 3.26. The number of nitriles is 1. The Labute approximate surface area is 123 Å². The first-order chi connectivity index (χ1) is 9.65. The summed E-state index contributed by atoms with van der Waals surface area (Å²) in [5.74, 6) is -0.288. The quantitative estimate of drug-likeness (QED) is 0.746. The summed E-state index contributed by atoms with van der Waals surface area (Å²) in [4.78, 5) is 4.35. The Morgan fingerprint density at radius 2 is 2.10 bits per heavy atom. The van der Waals surface area contributed by atoms with Gasteiger partial charge in [-0.05, 0) is 36.4 Å². The molecule has 98 valence electrons. The molecule has 3 nitrogen and oxygen atoms in total. The highest BCUT2D eigenvalue weighted by atomic mass is 35.5. The molecule has 0 aliphatic rings. The maximum atomic E-state index is 13.1. The predicted octanol–water partition coefficient (Wildman–Crippen LogP) is 4.70. The monoisotopic (exact) mass is 303 g/mol. The maximum Gasteiger partial charge on any atom is 0.188 e. The molecule has 3 rings (SSSR count). The highest BCUT2D eigenvalue weighted by Gasteiger charge is 2.07. The molecule has 0 radical (unpaired) electrons. The standard InChI is InChI=1S/C14H7ClFN3S/c15-10-5-8(7-17)1-3-11(10)18-14-19-12-4-2-9(16)6-13(12)20-14/h1-6H,(H,18,19). The van der Waals surface area contributed by atoms with Crippen LogP contribution in [-0.4, -0.2) is 4.98 Å². The minimum Gasteiger partial charge on any atom is -0.330 e. The van der Waals surface area contributed by atoms with E-state index in [4.69, 9.17) is 16.9 Å². The van der Waals surface area contributed by atoms with Gasteiger partial charge in [0.25, 0.3) is 0 Å². The number of thiazole rings is 1. The lowest BCUT2D eigenvalue weighted by Crippen LogP contribution is -1.90. The largest absolute Gasteiger partial charge is 0.330 e. The van der Waals surface area contributed by atoms with E-state index in [0.29, 0.717) is 21.4 Å². The molecular formula is C14H7ClFN3S. The number of hydrogen-bond donors (Lipinski definition) is 1. The minimum atomic E-state index is -0.288. The van der Waals surface area contributed by atoms with Gasteiger partial charge in [0.15, 0.2) is 5.13 Å². The van der Waals surface area contributed by atoms with Crippen molar-refractivity contribution in [1.29, 1.82) is 5.26 Å². The lowest BCUT2D eigenvalue weighted by atomic mass is 10.2. The van der Waals surface area contributed by atoms with Crippen molar-refractivity contribution in [2.24, 2.45) is 0 Å². The zero-order chi connectivity index (χ0) is 14.1. The first-order valence-electron chi connectivity index (χ1n) is 5.68. The average molecular weight is 304 g/mol. The summed E-state index contributed by atoms with van der Waals surface area (Å²) in [5, 5.41) is 12.9. The highest BCUT2D eigenvalue weighted by Crippen LogP contribution is 2.31.